The van der Waals surface area contributed by atoms with Crippen LogP contribution < -0.4 is 20.1 Å². The van der Waals surface area contributed by atoms with Crippen LogP contribution in [0.25, 0.3) is 0 Å². The van der Waals surface area contributed by atoms with Crippen molar-refractivity contribution >= 4 is 11.6 Å². The zero-order valence-electron chi connectivity index (χ0n) is 13.4. The summed E-state index contributed by atoms with van der Waals surface area (Å²) in [5.41, 5.74) is 6.27. The molecule has 0 atom stereocenters. The van der Waals surface area contributed by atoms with Crippen molar-refractivity contribution in [2.75, 3.05) is 51.8 Å². The van der Waals surface area contributed by atoms with E-state index >= 15 is 0 Å². The molecule has 2 N–H and O–H groups in total. The molecule has 0 aromatic heterocycles. The minimum absolute atomic E-state index is 0.221. The predicted molar refractivity (Wildman–Crippen MR) is 86.6 cm³/mol. The second-order valence-corrected chi connectivity index (χ2v) is 5.44. The lowest BCUT2D eigenvalue weighted by Gasteiger charge is -2.36. The van der Waals surface area contributed by atoms with Crippen molar-refractivity contribution in [2.24, 2.45) is 5.73 Å². The van der Waals surface area contributed by atoms with Crippen molar-refractivity contribution in [3.63, 3.8) is 0 Å². The number of nitrogens with zero attached hydrogens (tertiary/aromatic N) is 2. The molecule has 1 aliphatic rings. The maximum atomic E-state index is 10.8. The Bertz CT molecular complexity index is 499. The first kappa shape index (κ1) is 16.4. The fraction of sp³-hybridized carbons (Fsp3) is 0.562. The van der Waals surface area contributed by atoms with Gasteiger partial charge in [-0.3, -0.25) is 9.69 Å². The number of nitrogens with two attached hydrogens (primary N) is 1. The summed E-state index contributed by atoms with van der Waals surface area (Å²) in [6, 6.07) is 5.91. The van der Waals surface area contributed by atoms with Gasteiger partial charge in [-0.05, 0) is 25.1 Å². The summed E-state index contributed by atoms with van der Waals surface area (Å²) in [6.07, 6.45) is 1.30. The van der Waals surface area contributed by atoms with Crippen molar-refractivity contribution in [1.82, 2.24) is 4.90 Å². The van der Waals surface area contributed by atoms with E-state index in [2.05, 4.69) is 9.80 Å². The minimum atomic E-state index is -0.221. The molecule has 6 nitrogen and oxygen atoms in total. The zero-order chi connectivity index (χ0) is 15.9. The monoisotopic (exact) mass is 307 g/mol. The highest BCUT2D eigenvalue weighted by Crippen LogP contribution is 2.32. The highest BCUT2D eigenvalue weighted by Gasteiger charge is 2.19. The normalized spacial score (nSPS) is 15.6. The van der Waals surface area contributed by atoms with E-state index in [4.69, 9.17) is 15.2 Å². The number of carbonyl (C=O) groups excluding carboxylic acids is 1. The van der Waals surface area contributed by atoms with E-state index in [1.54, 1.807) is 14.2 Å². The second-order valence-electron chi connectivity index (χ2n) is 5.44. The number of primary amides is 1. The zero-order valence-corrected chi connectivity index (χ0v) is 13.4. The number of rotatable bonds is 7. The fourth-order valence-corrected chi connectivity index (χ4v) is 2.74. The number of amides is 1. The van der Waals surface area contributed by atoms with Gasteiger partial charge in [0.25, 0.3) is 0 Å². The van der Waals surface area contributed by atoms with Gasteiger partial charge in [0.1, 0.15) is 11.5 Å². The van der Waals surface area contributed by atoms with Gasteiger partial charge < -0.3 is 20.1 Å². The number of hydrogen-bond acceptors (Lipinski definition) is 5. The molecule has 0 saturated carbocycles. The summed E-state index contributed by atoms with van der Waals surface area (Å²) in [5.74, 6) is 1.41. The molecule has 6 heteroatoms. The first-order valence-corrected chi connectivity index (χ1v) is 7.61. The van der Waals surface area contributed by atoms with Crippen LogP contribution in [0.3, 0.4) is 0 Å². The van der Waals surface area contributed by atoms with E-state index in [1.165, 1.54) is 0 Å². The van der Waals surface area contributed by atoms with Crippen LogP contribution in [0, 0.1) is 0 Å². The van der Waals surface area contributed by atoms with Gasteiger partial charge in [0, 0.05) is 38.7 Å². The quantitative estimate of drug-likeness (QED) is 0.817. The molecule has 0 spiro atoms. The van der Waals surface area contributed by atoms with E-state index in [0.717, 1.165) is 56.3 Å². The predicted octanol–water partition coefficient (Wildman–Crippen LogP) is 1.09. The lowest BCUT2D eigenvalue weighted by atomic mass is 10.2. The fourth-order valence-electron chi connectivity index (χ4n) is 2.74. The molecule has 0 radical (unpaired) electrons. The van der Waals surface area contributed by atoms with Crippen LogP contribution in [0.1, 0.15) is 12.8 Å². The molecule has 122 valence electrons. The summed E-state index contributed by atoms with van der Waals surface area (Å²) in [7, 11) is 3.33. The molecule has 1 aliphatic heterocycles. The van der Waals surface area contributed by atoms with E-state index in [9.17, 15) is 4.79 Å². The summed E-state index contributed by atoms with van der Waals surface area (Å²) in [5, 5.41) is 0. The van der Waals surface area contributed by atoms with Crippen LogP contribution in [0.4, 0.5) is 5.69 Å². The van der Waals surface area contributed by atoms with Crippen molar-refractivity contribution in [3.05, 3.63) is 18.2 Å². The Morgan fingerprint density at radius 2 is 1.91 bits per heavy atom. The van der Waals surface area contributed by atoms with Crippen molar-refractivity contribution in [2.45, 2.75) is 12.8 Å². The lowest BCUT2D eigenvalue weighted by Crippen LogP contribution is -2.46. The van der Waals surface area contributed by atoms with Crippen LogP contribution in [-0.2, 0) is 4.79 Å². The molecule has 1 aromatic carbocycles. The van der Waals surface area contributed by atoms with Gasteiger partial charge in [-0.15, -0.1) is 0 Å². The Kier molecular flexibility index (Phi) is 5.89. The molecule has 1 heterocycles. The van der Waals surface area contributed by atoms with E-state index < -0.39 is 0 Å². The number of benzene rings is 1. The summed E-state index contributed by atoms with van der Waals surface area (Å²) < 4.78 is 10.7. The molecule has 1 amide bonds. The Balaban J connectivity index is 1.90. The van der Waals surface area contributed by atoms with Crippen molar-refractivity contribution in [1.29, 1.82) is 0 Å². The topological polar surface area (TPSA) is 68.0 Å². The molecule has 0 unspecified atom stereocenters. The van der Waals surface area contributed by atoms with Gasteiger partial charge in [-0.1, -0.05) is 0 Å². The number of carbonyl (C=O) groups is 1. The Morgan fingerprint density at radius 3 is 2.50 bits per heavy atom. The first-order chi connectivity index (χ1) is 10.6. The second kappa shape index (κ2) is 7.89. The van der Waals surface area contributed by atoms with Gasteiger partial charge in [0.05, 0.1) is 19.9 Å². The number of piperazine rings is 1. The van der Waals surface area contributed by atoms with Gasteiger partial charge >= 0.3 is 0 Å². The van der Waals surface area contributed by atoms with Crippen LogP contribution in [0.2, 0.25) is 0 Å². The number of ether oxygens (including phenoxy) is 2. The average Bonchev–Trinajstić information content (AvgIpc) is 2.54. The van der Waals surface area contributed by atoms with Crippen LogP contribution in [-0.4, -0.2) is 57.8 Å². The summed E-state index contributed by atoms with van der Waals surface area (Å²) in [6.45, 7) is 4.77. The van der Waals surface area contributed by atoms with Gasteiger partial charge in [0.2, 0.25) is 5.91 Å². The van der Waals surface area contributed by atoms with Crippen LogP contribution in [0.15, 0.2) is 18.2 Å². The molecular weight excluding hydrogens is 282 g/mol. The van der Waals surface area contributed by atoms with Gasteiger partial charge in [0.15, 0.2) is 0 Å². The number of hydrogen-bond donors (Lipinski definition) is 1. The highest BCUT2D eigenvalue weighted by atomic mass is 16.5. The maximum absolute atomic E-state index is 10.8. The summed E-state index contributed by atoms with van der Waals surface area (Å²) in [4.78, 5) is 15.5. The van der Waals surface area contributed by atoms with Crippen molar-refractivity contribution in [3.8, 4) is 11.5 Å². The molecular formula is C16H25N3O3. The van der Waals surface area contributed by atoms with E-state index in [-0.39, 0.29) is 5.91 Å². The third kappa shape index (κ3) is 4.27. The number of anilines is 1. The molecule has 1 aromatic rings. The molecule has 1 saturated heterocycles. The Morgan fingerprint density at radius 1 is 1.18 bits per heavy atom. The standard InChI is InChI=1S/C16H25N3O3/c1-21-13-5-6-14(15(12-13)22-2)19-10-8-18(9-11-19)7-3-4-16(17)20/h5-6,12H,3-4,7-11H2,1-2H3,(H2,17,20). The third-order valence-electron chi connectivity index (χ3n) is 4.00. The van der Waals surface area contributed by atoms with Gasteiger partial charge in [-0.25, -0.2) is 0 Å². The maximum Gasteiger partial charge on any atom is 0.217 e. The van der Waals surface area contributed by atoms with Crippen LogP contribution in [0.5, 0.6) is 11.5 Å². The Labute approximate surface area is 131 Å². The highest BCUT2D eigenvalue weighted by molar-refractivity contribution is 5.73. The lowest BCUT2D eigenvalue weighted by molar-refractivity contribution is -0.118. The first-order valence-electron chi connectivity index (χ1n) is 7.61. The van der Waals surface area contributed by atoms with Crippen molar-refractivity contribution < 1.29 is 14.3 Å². The van der Waals surface area contributed by atoms with Gasteiger partial charge in [-0.2, -0.15) is 0 Å². The summed E-state index contributed by atoms with van der Waals surface area (Å²) >= 11 is 0. The van der Waals surface area contributed by atoms with Crippen LogP contribution >= 0.6 is 0 Å². The number of methoxy groups -OCH3 is 2. The smallest absolute Gasteiger partial charge is 0.217 e. The molecule has 2 rings (SSSR count). The molecule has 0 bridgehead atoms. The molecule has 1 fully saturated rings. The third-order valence-corrected chi connectivity index (χ3v) is 4.00. The SMILES string of the molecule is COc1ccc(N2CCN(CCCC(N)=O)CC2)c(OC)c1. The molecule has 0 aliphatic carbocycles. The van der Waals surface area contributed by atoms with E-state index in [0.29, 0.717) is 6.42 Å². The molecule has 22 heavy (non-hydrogen) atoms. The van der Waals surface area contributed by atoms with E-state index in [1.807, 2.05) is 18.2 Å². The minimum Gasteiger partial charge on any atom is -0.497 e. The average molecular weight is 307 g/mol. The Hall–Kier alpha value is -1.95. The largest absolute Gasteiger partial charge is 0.497 e.